The monoisotopic (exact) mass is 521 g/mol. The van der Waals surface area contributed by atoms with Gasteiger partial charge >= 0.3 is 0 Å². The van der Waals surface area contributed by atoms with E-state index in [1.54, 1.807) is 30.3 Å². The van der Waals surface area contributed by atoms with Crippen LogP contribution in [0.3, 0.4) is 0 Å². The van der Waals surface area contributed by atoms with Gasteiger partial charge in [0.15, 0.2) is 0 Å². The molecule has 1 fully saturated rings. The standard InChI is InChI=1S/C32H31N3O4/c1-23-13-14-26(31(36)33-27-10-6-11-28(21-27)35-15-17-38-18-16-35)20-30(23)34-32(37)25-9-5-12-29(19-25)39-22-24-7-3-2-4-8-24/h2-14,19-21H,15-18,22H2,1H3,(H,33,36)(H,34,37). The van der Waals surface area contributed by atoms with E-state index in [0.717, 1.165) is 29.9 Å². The molecule has 4 aromatic carbocycles. The molecule has 39 heavy (non-hydrogen) atoms. The first-order chi connectivity index (χ1) is 19.0. The molecule has 1 aliphatic heterocycles. The van der Waals surface area contributed by atoms with Crippen molar-refractivity contribution in [1.82, 2.24) is 0 Å². The molecule has 2 amide bonds. The summed E-state index contributed by atoms with van der Waals surface area (Å²) in [6.07, 6.45) is 0. The Hall–Kier alpha value is -4.62. The molecule has 0 radical (unpaired) electrons. The minimum Gasteiger partial charge on any atom is -0.489 e. The fourth-order valence-electron chi connectivity index (χ4n) is 4.37. The number of morpholine rings is 1. The summed E-state index contributed by atoms with van der Waals surface area (Å²) in [4.78, 5) is 28.4. The Bertz CT molecular complexity index is 1450. The zero-order valence-corrected chi connectivity index (χ0v) is 21.9. The number of hydrogen-bond acceptors (Lipinski definition) is 5. The van der Waals surface area contributed by atoms with Gasteiger partial charge in [-0.05, 0) is 66.6 Å². The summed E-state index contributed by atoms with van der Waals surface area (Å²) in [7, 11) is 0. The maximum Gasteiger partial charge on any atom is 0.255 e. The van der Waals surface area contributed by atoms with Gasteiger partial charge in [0, 0.05) is 41.3 Å². The number of benzene rings is 4. The lowest BCUT2D eigenvalue weighted by Gasteiger charge is -2.29. The summed E-state index contributed by atoms with van der Waals surface area (Å²) >= 11 is 0. The molecule has 1 heterocycles. The van der Waals surface area contributed by atoms with Gasteiger partial charge in [-0.15, -0.1) is 0 Å². The number of nitrogens with zero attached hydrogens (tertiary/aromatic N) is 1. The van der Waals surface area contributed by atoms with E-state index in [9.17, 15) is 9.59 Å². The third kappa shape index (κ3) is 6.83. The molecule has 0 unspecified atom stereocenters. The molecule has 0 aliphatic carbocycles. The number of aryl methyl sites for hydroxylation is 1. The summed E-state index contributed by atoms with van der Waals surface area (Å²) in [5, 5.41) is 5.92. The zero-order chi connectivity index (χ0) is 27.0. The first-order valence-electron chi connectivity index (χ1n) is 13.0. The van der Waals surface area contributed by atoms with Gasteiger partial charge in [0.1, 0.15) is 12.4 Å². The Labute approximate surface area is 228 Å². The minimum absolute atomic E-state index is 0.249. The average Bonchev–Trinajstić information content (AvgIpc) is 2.98. The van der Waals surface area contributed by atoms with E-state index >= 15 is 0 Å². The topological polar surface area (TPSA) is 79.9 Å². The predicted molar refractivity (Wildman–Crippen MR) is 154 cm³/mol. The largest absolute Gasteiger partial charge is 0.489 e. The molecule has 198 valence electrons. The Balaban J connectivity index is 1.24. The van der Waals surface area contributed by atoms with Crippen LogP contribution in [-0.2, 0) is 11.3 Å². The van der Waals surface area contributed by atoms with Crippen LogP contribution >= 0.6 is 0 Å². The van der Waals surface area contributed by atoms with Crippen molar-refractivity contribution < 1.29 is 19.1 Å². The molecule has 5 rings (SSSR count). The van der Waals surface area contributed by atoms with Crippen molar-refractivity contribution in [3.63, 3.8) is 0 Å². The Kier molecular flexibility index (Phi) is 8.19. The number of rotatable bonds is 8. The highest BCUT2D eigenvalue weighted by Gasteiger charge is 2.15. The molecule has 0 atom stereocenters. The second kappa shape index (κ2) is 12.3. The van der Waals surface area contributed by atoms with E-state index in [0.29, 0.717) is 48.1 Å². The van der Waals surface area contributed by atoms with Crippen LogP contribution in [0.1, 0.15) is 31.8 Å². The van der Waals surface area contributed by atoms with Crippen LogP contribution in [0.15, 0.2) is 97.1 Å². The summed E-state index contributed by atoms with van der Waals surface area (Å²) in [6, 6.07) is 30.0. The summed E-state index contributed by atoms with van der Waals surface area (Å²) in [5.74, 6) is 0.0793. The number of carbonyl (C=O) groups is 2. The van der Waals surface area contributed by atoms with Crippen molar-refractivity contribution in [3.8, 4) is 5.75 Å². The van der Waals surface area contributed by atoms with Crippen LogP contribution in [0, 0.1) is 6.92 Å². The van der Waals surface area contributed by atoms with Gasteiger partial charge in [-0.2, -0.15) is 0 Å². The van der Waals surface area contributed by atoms with Crippen LogP contribution in [0.25, 0.3) is 0 Å². The highest BCUT2D eigenvalue weighted by Crippen LogP contribution is 2.23. The van der Waals surface area contributed by atoms with Crippen molar-refractivity contribution in [3.05, 3.63) is 119 Å². The third-order valence-electron chi connectivity index (χ3n) is 6.57. The fraction of sp³-hybridized carbons (Fsp3) is 0.188. The first kappa shape index (κ1) is 26.0. The fourth-order valence-corrected chi connectivity index (χ4v) is 4.37. The minimum atomic E-state index is -0.279. The summed E-state index contributed by atoms with van der Waals surface area (Å²) < 4.78 is 11.3. The summed E-state index contributed by atoms with van der Waals surface area (Å²) in [6.45, 7) is 5.33. The molecule has 0 aromatic heterocycles. The van der Waals surface area contributed by atoms with Crippen LogP contribution in [0.4, 0.5) is 17.1 Å². The van der Waals surface area contributed by atoms with Gasteiger partial charge in [-0.3, -0.25) is 9.59 Å². The van der Waals surface area contributed by atoms with Crippen LogP contribution in [0.2, 0.25) is 0 Å². The molecule has 2 N–H and O–H groups in total. The maximum absolute atomic E-state index is 13.1. The molecule has 1 aliphatic rings. The number of amides is 2. The molecule has 1 saturated heterocycles. The highest BCUT2D eigenvalue weighted by molar-refractivity contribution is 6.08. The van der Waals surface area contributed by atoms with Gasteiger partial charge in [-0.25, -0.2) is 0 Å². The smallest absolute Gasteiger partial charge is 0.255 e. The van der Waals surface area contributed by atoms with Gasteiger partial charge in [0.05, 0.1) is 13.2 Å². The number of nitrogens with one attached hydrogen (secondary N) is 2. The average molecular weight is 522 g/mol. The van der Waals surface area contributed by atoms with E-state index in [1.807, 2.05) is 73.7 Å². The number of anilines is 3. The quantitative estimate of drug-likeness (QED) is 0.301. The van der Waals surface area contributed by atoms with Crippen LogP contribution in [-0.4, -0.2) is 38.1 Å². The molecule has 4 aromatic rings. The third-order valence-corrected chi connectivity index (χ3v) is 6.57. The molecule has 0 saturated carbocycles. The molecule has 0 spiro atoms. The summed E-state index contributed by atoms with van der Waals surface area (Å²) in [5.41, 5.74) is 5.15. The Morgan fingerprint density at radius 2 is 1.54 bits per heavy atom. The SMILES string of the molecule is Cc1ccc(C(=O)Nc2cccc(N3CCOCC3)c2)cc1NC(=O)c1cccc(OCc2ccccc2)c1. The van der Waals surface area contributed by atoms with E-state index in [1.165, 1.54) is 0 Å². The lowest BCUT2D eigenvalue weighted by atomic mass is 10.1. The second-order valence-corrected chi connectivity index (χ2v) is 9.39. The van der Waals surface area contributed by atoms with Crippen molar-refractivity contribution >= 4 is 28.9 Å². The van der Waals surface area contributed by atoms with Gasteiger partial charge in [0.2, 0.25) is 0 Å². The highest BCUT2D eigenvalue weighted by atomic mass is 16.5. The maximum atomic E-state index is 13.1. The number of carbonyl (C=O) groups excluding carboxylic acids is 2. The van der Waals surface area contributed by atoms with Gasteiger partial charge in [-0.1, -0.05) is 48.5 Å². The first-order valence-corrected chi connectivity index (χ1v) is 13.0. The van der Waals surface area contributed by atoms with E-state index < -0.39 is 0 Å². The molecule has 0 bridgehead atoms. The van der Waals surface area contributed by atoms with Crippen molar-refractivity contribution in [1.29, 1.82) is 0 Å². The Morgan fingerprint density at radius 1 is 0.795 bits per heavy atom. The number of hydrogen-bond donors (Lipinski definition) is 2. The van der Waals surface area contributed by atoms with Gasteiger partial charge < -0.3 is 25.0 Å². The predicted octanol–water partition coefficient (Wildman–Crippen LogP) is 5.92. The van der Waals surface area contributed by atoms with Crippen LogP contribution < -0.4 is 20.3 Å². The van der Waals surface area contributed by atoms with Crippen molar-refractivity contribution in [2.45, 2.75) is 13.5 Å². The molecular weight excluding hydrogens is 490 g/mol. The Morgan fingerprint density at radius 3 is 2.36 bits per heavy atom. The van der Waals surface area contributed by atoms with E-state index in [-0.39, 0.29) is 11.8 Å². The van der Waals surface area contributed by atoms with Crippen LogP contribution in [0.5, 0.6) is 5.75 Å². The van der Waals surface area contributed by atoms with Gasteiger partial charge in [0.25, 0.3) is 11.8 Å². The lowest BCUT2D eigenvalue weighted by Crippen LogP contribution is -2.36. The van der Waals surface area contributed by atoms with Crippen molar-refractivity contribution in [2.75, 3.05) is 41.8 Å². The lowest BCUT2D eigenvalue weighted by molar-refractivity contribution is 0.101. The van der Waals surface area contributed by atoms with E-state index in [2.05, 4.69) is 15.5 Å². The normalized spacial score (nSPS) is 13.0. The number of ether oxygens (including phenoxy) is 2. The second-order valence-electron chi connectivity index (χ2n) is 9.39. The molecular formula is C32H31N3O4. The molecule has 7 heteroatoms. The van der Waals surface area contributed by atoms with E-state index in [4.69, 9.17) is 9.47 Å². The van der Waals surface area contributed by atoms with Crippen molar-refractivity contribution in [2.24, 2.45) is 0 Å². The molecule has 7 nitrogen and oxygen atoms in total. The zero-order valence-electron chi connectivity index (χ0n) is 21.9.